The molecule has 0 fully saturated rings. The summed E-state index contributed by atoms with van der Waals surface area (Å²) in [5.74, 6) is -0.998. The molecule has 1 unspecified atom stereocenters. The van der Waals surface area contributed by atoms with E-state index in [1.165, 1.54) is 4.90 Å². The lowest BCUT2D eigenvalue weighted by Gasteiger charge is -2.26. The molecule has 0 saturated carbocycles. The molecule has 1 amide bonds. The fourth-order valence-corrected chi connectivity index (χ4v) is 2.09. The maximum absolute atomic E-state index is 11.4. The molecule has 0 saturated heterocycles. The van der Waals surface area contributed by atoms with Gasteiger partial charge in [0.15, 0.2) is 6.04 Å². The molecule has 1 rings (SSSR count). The average molecular weight is 249 g/mol. The third kappa shape index (κ3) is 3.09. The molecule has 0 aromatic heterocycles. The minimum absolute atomic E-state index is 0.438. The van der Waals surface area contributed by atoms with Crippen molar-refractivity contribution in [3.05, 3.63) is 34.9 Å². The SMILES string of the molecule is CCCN(C=O)C(C(=O)O)c1ccc(C)cc1C. The van der Waals surface area contributed by atoms with E-state index >= 15 is 0 Å². The number of aryl methyl sites for hydroxylation is 2. The van der Waals surface area contributed by atoms with Crippen LogP contribution in [0.15, 0.2) is 18.2 Å². The molecule has 4 heteroatoms. The Balaban J connectivity index is 3.18. The van der Waals surface area contributed by atoms with Gasteiger partial charge in [-0.3, -0.25) is 4.79 Å². The van der Waals surface area contributed by atoms with Gasteiger partial charge in [-0.2, -0.15) is 0 Å². The van der Waals surface area contributed by atoms with Gasteiger partial charge in [-0.1, -0.05) is 30.7 Å². The topological polar surface area (TPSA) is 57.6 Å². The fraction of sp³-hybridized carbons (Fsp3) is 0.429. The quantitative estimate of drug-likeness (QED) is 0.787. The molecule has 1 N–H and O–H groups in total. The highest BCUT2D eigenvalue weighted by Gasteiger charge is 2.27. The zero-order valence-electron chi connectivity index (χ0n) is 11.0. The fourth-order valence-electron chi connectivity index (χ4n) is 2.09. The summed E-state index contributed by atoms with van der Waals surface area (Å²) in [7, 11) is 0. The van der Waals surface area contributed by atoms with E-state index in [2.05, 4.69) is 0 Å². The number of amides is 1. The van der Waals surface area contributed by atoms with E-state index in [1.807, 2.05) is 32.9 Å². The van der Waals surface area contributed by atoms with Gasteiger partial charge < -0.3 is 10.0 Å². The number of aliphatic carboxylic acids is 1. The smallest absolute Gasteiger partial charge is 0.331 e. The van der Waals surface area contributed by atoms with E-state index in [9.17, 15) is 14.7 Å². The number of rotatable bonds is 6. The molecule has 0 aliphatic heterocycles. The van der Waals surface area contributed by atoms with Crippen molar-refractivity contribution in [2.24, 2.45) is 0 Å². The maximum atomic E-state index is 11.4. The number of hydrogen-bond donors (Lipinski definition) is 1. The van der Waals surface area contributed by atoms with Gasteiger partial charge in [0.1, 0.15) is 0 Å². The molecule has 98 valence electrons. The summed E-state index contributed by atoms with van der Waals surface area (Å²) < 4.78 is 0. The van der Waals surface area contributed by atoms with Crippen LogP contribution in [0.5, 0.6) is 0 Å². The molecule has 0 spiro atoms. The van der Waals surface area contributed by atoms with Crippen LogP contribution in [-0.4, -0.2) is 28.9 Å². The van der Waals surface area contributed by atoms with Crippen LogP contribution in [0.4, 0.5) is 0 Å². The average Bonchev–Trinajstić information content (AvgIpc) is 2.30. The molecule has 1 atom stereocenters. The van der Waals surface area contributed by atoms with Crippen LogP contribution < -0.4 is 0 Å². The monoisotopic (exact) mass is 249 g/mol. The van der Waals surface area contributed by atoms with Crippen LogP contribution in [0, 0.1) is 13.8 Å². The zero-order chi connectivity index (χ0) is 13.7. The van der Waals surface area contributed by atoms with E-state index in [4.69, 9.17) is 0 Å². The van der Waals surface area contributed by atoms with Crippen molar-refractivity contribution in [3.63, 3.8) is 0 Å². The number of carbonyl (C=O) groups excluding carboxylic acids is 1. The molecule has 18 heavy (non-hydrogen) atoms. The van der Waals surface area contributed by atoms with Crippen molar-refractivity contribution in [2.75, 3.05) is 6.54 Å². The van der Waals surface area contributed by atoms with E-state index in [1.54, 1.807) is 6.07 Å². The van der Waals surface area contributed by atoms with E-state index in [0.29, 0.717) is 18.5 Å². The third-order valence-electron chi connectivity index (χ3n) is 2.90. The summed E-state index contributed by atoms with van der Waals surface area (Å²) in [6.07, 6.45) is 1.34. The van der Waals surface area contributed by atoms with Crippen molar-refractivity contribution in [1.29, 1.82) is 0 Å². The maximum Gasteiger partial charge on any atom is 0.331 e. The molecular formula is C14H19NO3. The molecule has 0 bridgehead atoms. The second kappa shape index (κ2) is 6.19. The highest BCUT2D eigenvalue weighted by molar-refractivity contribution is 5.78. The summed E-state index contributed by atoms with van der Waals surface area (Å²) >= 11 is 0. The van der Waals surface area contributed by atoms with Crippen molar-refractivity contribution in [3.8, 4) is 0 Å². The van der Waals surface area contributed by atoms with Crippen molar-refractivity contribution >= 4 is 12.4 Å². The number of carboxylic acid groups (broad SMARTS) is 1. The molecule has 0 heterocycles. The van der Waals surface area contributed by atoms with Crippen LogP contribution in [0.25, 0.3) is 0 Å². The Labute approximate surface area is 107 Å². The highest BCUT2D eigenvalue weighted by atomic mass is 16.4. The summed E-state index contributed by atoms with van der Waals surface area (Å²) in [5, 5.41) is 9.35. The van der Waals surface area contributed by atoms with Gasteiger partial charge in [0.25, 0.3) is 0 Å². The minimum atomic E-state index is -0.998. The van der Waals surface area contributed by atoms with Gasteiger partial charge in [0, 0.05) is 6.54 Å². The highest BCUT2D eigenvalue weighted by Crippen LogP contribution is 2.24. The molecule has 0 aliphatic carbocycles. The van der Waals surface area contributed by atoms with E-state index in [0.717, 1.165) is 17.5 Å². The standard InChI is InChI=1S/C14H19NO3/c1-4-7-15(9-16)13(14(17)18)12-6-5-10(2)8-11(12)3/h5-6,8-9,13H,4,7H2,1-3H3,(H,17,18). The molecule has 0 aliphatic rings. The van der Waals surface area contributed by atoms with Gasteiger partial charge in [0.05, 0.1) is 0 Å². The van der Waals surface area contributed by atoms with Gasteiger partial charge >= 0.3 is 5.97 Å². The zero-order valence-corrected chi connectivity index (χ0v) is 11.0. The predicted octanol–water partition coefficient (Wildman–Crippen LogP) is 2.30. The van der Waals surface area contributed by atoms with Crippen LogP contribution in [0.2, 0.25) is 0 Å². The van der Waals surface area contributed by atoms with Crippen LogP contribution in [0.1, 0.15) is 36.1 Å². The number of carbonyl (C=O) groups is 2. The second-order valence-electron chi connectivity index (χ2n) is 4.44. The third-order valence-corrected chi connectivity index (χ3v) is 2.90. The van der Waals surface area contributed by atoms with Crippen molar-refractivity contribution in [1.82, 2.24) is 4.90 Å². The Morgan fingerprint density at radius 3 is 2.56 bits per heavy atom. The first-order valence-electron chi connectivity index (χ1n) is 6.02. The lowest BCUT2D eigenvalue weighted by atomic mass is 9.98. The summed E-state index contributed by atoms with van der Waals surface area (Å²) in [4.78, 5) is 23.8. The van der Waals surface area contributed by atoms with Gasteiger partial charge in [-0.15, -0.1) is 0 Å². The molecular weight excluding hydrogens is 230 g/mol. The minimum Gasteiger partial charge on any atom is -0.479 e. The Morgan fingerprint density at radius 1 is 1.44 bits per heavy atom. The largest absolute Gasteiger partial charge is 0.479 e. The summed E-state index contributed by atoms with van der Waals surface area (Å²) in [6, 6.07) is 4.69. The van der Waals surface area contributed by atoms with Crippen LogP contribution in [0.3, 0.4) is 0 Å². The van der Waals surface area contributed by atoms with Crippen LogP contribution >= 0.6 is 0 Å². The number of nitrogens with zero attached hydrogens (tertiary/aromatic N) is 1. The molecule has 4 nitrogen and oxygen atoms in total. The Morgan fingerprint density at radius 2 is 2.11 bits per heavy atom. The molecule has 0 radical (unpaired) electrons. The number of benzene rings is 1. The van der Waals surface area contributed by atoms with Gasteiger partial charge in [-0.05, 0) is 31.4 Å². The lowest BCUT2D eigenvalue weighted by Crippen LogP contribution is -2.34. The number of hydrogen-bond acceptors (Lipinski definition) is 2. The summed E-state index contributed by atoms with van der Waals surface area (Å²) in [5.41, 5.74) is 2.65. The Kier molecular flexibility index (Phi) is 4.89. The normalized spacial score (nSPS) is 11.9. The van der Waals surface area contributed by atoms with Crippen molar-refractivity contribution < 1.29 is 14.7 Å². The Hall–Kier alpha value is -1.84. The number of carboxylic acids is 1. The van der Waals surface area contributed by atoms with Crippen LogP contribution in [-0.2, 0) is 9.59 Å². The van der Waals surface area contributed by atoms with Gasteiger partial charge in [-0.25, -0.2) is 4.79 Å². The first-order chi connectivity index (χ1) is 8.51. The van der Waals surface area contributed by atoms with E-state index < -0.39 is 12.0 Å². The first kappa shape index (κ1) is 14.2. The molecule has 1 aromatic carbocycles. The van der Waals surface area contributed by atoms with Crippen molar-refractivity contribution in [2.45, 2.75) is 33.2 Å². The van der Waals surface area contributed by atoms with E-state index in [-0.39, 0.29) is 0 Å². The Bertz CT molecular complexity index is 443. The first-order valence-corrected chi connectivity index (χ1v) is 6.02. The molecule has 1 aromatic rings. The summed E-state index contributed by atoms with van der Waals surface area (Å²) in [6.45, 7) is 6.18. The predicted molar refractivity (Wildman–Crippen MR) is 69.4 cm³/mol. The van der Waals surface area contributed by atoms with Gasteiger partial charge in [0.2, 0.25) is 6.41 Å². The lowest BCUT2D eigenvalue weighted by molar-refractivity contribution is -0.146. The second-order valence-corrected chi connectivity index (χ2v) is 4.44.